The smallest absolute Gasteiger partial charge is 0.286 e. The molecular formula is C10H10N3O3S+. The van der Waals surface area contributed by atoms with Crippen LogP contribution in [0.3, 0.4) is 0 Å². The maximum absolute atomic E-state index is 11.8. The molecule has 0 atom stereocenters. The number of aromatic nitrogens is 3. The zero-order valence-electron chi connectivity index (χ0n) is 9.04. The van der Waals surface area contributed by atoms with Gasteiger partial charge in [-0.25, -0.2) is 9.78 Å². The average molecular weight is 252 g/mol. The number of aromatic amines is 1. The van der Waals surface area contributed by atoms with Gasteiger partial charge in [-0.05, 0) is 17.4 Å². The van der Waals surface area contributed by atoms with Crippen molar-refractivity contribution in [1.82, 2.24) is 10.3 Å². The molecule has 2 rings (SSSR count). The van der Waals surface area contributed by atoms with Crippen molar-refractivity contribution in [3.05, 3.63) is 40.5 Å². The van der Waals surface area contributed by atoms with E-state index in [-0.39, 0.29) is 17.2 Å². The monoisotopic (exact) mass is 252 g/mol. The highest BCUT2D eigenvalue weighted by atomic mass is 32.2. The summed E-state index contributed by atoms with van der Waals surface area (Å²) in [7, 11) is 1.55. The molecule has 1 N–H and O–H groups in total. The molecule has 2 aromatic rings. The summed E-state index contributed by atoms with van der Waals surface area (Å²) < 4.78 is 5.77. The minimum Gasteiger partial charge on any atom is -0.286 e. The van der Waals surface area contributed by atoms with E-state index in [1.165, 1.54) is 16.4 Å². The molecule has 0 saturated heterocycles. The molecule has 17 heavy (non-hydrogen) atoms. The Bertz CT molecular complexity index is 576. The fourth-order valence-electron chi connectivity index (χ4n) is 1.28. The Balaban J connectivity index is 2.06. The minimum atomic E-state index is -0.654. The standard InChI is InChI=1S/C10H9N3O3S/c1-13-9(10(15)16-12-13)7(14)6-17-8-4-2-3-5-11-8/h2-5H,6H2,1H3/p+1. The number of hydrogen-bond acceptors (Lipinski definition) is 5. The van der Waals surface area contributed by atoms with Crippen LogP contribution in [0.4, 0.5) is 0 Å². The number of carbonyl (C=O) groups is 1. The number of rotatable bonds is 4. The number of hydrogen-bond donors (Lipinski definition) is 1. The molecule has 0 fully saturated rings. The average Bonchev–Trinajstić information content (AvgIpc) is 2.67. The van der Waals surface area contributed by atoms with E-state index in [0.29, 0.717) is 0 Å². The van der Waals surface area contributed by atoms with Crippen molar-refractivity contribution in [1.29, 1.82) is 0 Å². The normalized spacial score (nSPS) is 10.4. The van der Waals surface area contributed by atoms with Crippen molar-refractivity contribution in [2.75, 3.05) is 5.75 Å². The predicted molar refractivity (Wildman–Crippen MR) is 59.8 cm³/mol. The number of H-pyrrole nitrogens is 1. The second-order valence-electron chi connectivity index (χ2n) is 3.27. The second-order valence-corrected chi connectivity index (χ2v) is 4.26. The summed E-state index contributed by atoms with van der Waals surface area (Å²) in [5.41, 5.74) is -0.646. The summed E-state index contributed by atoms with van der Waals surface area (Å²) in [6, 6.07) is 5.44. The molecule has 0 aliphatic heterocycles. The van der Waals surface area contributed by atoms with Crippen molar-refractivity contribution < 1.29 is 14.0 Å². The maximum Gasteiger partial charge on any atom is 0.438 e. The van der Waals surface area contributed by atoms with Crippen LogP contribution in [0.2, 0.25) is 0 Å². The lowest BCUT2D eigenvalue weighted by Crippen LogP contribution is -2.39. The summed E-state index contributed by atoms with van der Waals surface area (Å²) >= 11 is 1.28. The SMILES string of the molecule is C[n+]1[nH]oc(=O)c1C(=O)CSc1ccccn1. The van der Waals surface area contributed by atoms with Crippen LogP contribution in [0.5, 0.6) is 0 Å². The summed E-state index contributed by atoms with van der Waals surface area (Å²) in [6.07, 6.45) is 1.65. The van der Waals surface area contributed by atoms with Gasteiger partial charge >= 0.3 is 11.3 Å². The number of nitrogens with one attached hydrogen (secondary N) is 1. The topological polar surface area (TPSA) is 79.8 Å². The van der Waals surface area contributed by atoms with E-state index in [1.54, 1.807) is 25.4 Å². The van der Waals surface area contributed by atoms with Gasteiger partial charge in [-0.3, -0.25) is 9.32 Å². The van der Waals surface area contributed by atoms with Gasteiger partial charge < -0.3 is 0 Å². The van der Waals surface area contributed by atoms with E-state index in [0.717, 1.165) is 5.03 Å². The van der Waals surface area contributed by atoms with E-state index in [4.69, 9.17) is 0 Å². The third-order valence-electron chi connectivity index (χ3n) is 2.06. The molecule has 0 amide bonds. The number of nitrogens with zero attached hydrogens (tertiary/aromatic N) is 2. The number of ketones is 1. The van der Waals surface area contributed by atoms with Crippen LogP contribution >= 0.6 is 11.8 Å². The van der Waals surface area contributed by atoms with E-state index in [9.17, 15) is 9.59 Å². The third-order valence-corrected chi connectivity index (χ3v) is 3.00. The molecule has 7 heteroatoms. The van der Waals surface area contributed by atoms with Crippen molar-refractivity contribution in [3.8, 4) is 0 Å². The molecule has 2 aromatic heterocycles. The number of pyridine rings is 1. The van der Waals surface area contributed by atoms with Gasteiger partial charge in [0, 0.05) is 6.20 Å². The van der Waals surface area contributed by atoms with Crippen LogP contribution in [-0.2, 0) is 7.05 Å². The summed E-state index contributed by atoms with van der Waals surface area (Å²) in [4.78, 5) is 27.1. The van der Waals surface area contributed by atoms with Gasteiger partial charge in [0.05, 0.1) is 10.8 Å². The van der Waals surface area contributed by atoms with Crippen LogP contribution in [0, 0.1) is 0 Å². The summed E-state index contributed by atoms with van der Waals surface area (Å²) in [5.74, 6) is -0.147. The first-order valence-corrected chi connectivity index (χ1v) is 5.81. The number of thioether (sulfide) groups is 1. The molecule has 0 radical (unpaired) electrons. The van der Waals surface area contributed by atoms with Crippen molar-refractivity contribution in [3.63, 3.8) is 0 Å². The zero-order chi connectivity index (χ0) is 12.3. The van der Waals surface area contributed by atoms with Crippen LogP contribution in [-0.4, -0.2) is 21.8 Å². The molecule has 6 nitrogen and oxygen atoms in total. The van der Waals surface area contributed by atoms with Crippen molar-refractivity contribution in [2.45, 2.75) is 5.03 Å². The van der Waals surface area contributed by atoms with Crippen molar-refractivity contribution >= 4 is 17.5 Å². The Kier molecular flexibility index (Phi) is 3.38. The molecule has 0 saturated carbocycles. The Labute approximate surface area is 101 Å². The number of Topliss-reactive ketones (excluding diaryl/α,β-unsaturated/α-hetero) is 1. The molecule has 0 aliphatic rings. The summed E-state index contributed by atoms with van der Waals surface area (Å²) in [5, 5.41) is 3.04. The summed E-state index contributed by atoms with van der Waals surface area (Å²) in [6.45, 7) is 0. The van der Waals surface area contributed by atoms with Crippen LogP contribution in [0.15, 0.2) is 38.7 Å². The highest BCUT2D eigenvalue weighted by Gasteiger charge is 2.25. The predicted octanol–water partition coefficient (Wildman–Crippen LogP) is 0.162. The lowest BCUT2D eigenvalue weighted by Gasteiger charge is -1.95. The Morgan fingerprint density at radius 3 is 3.00 bits per heavy atom. The van der Waals surface area contributed by atoms with E-state index in [2.05, 4.69) is 14.8 Å². The second kappa shape index (κ2) is 4.96. The molecule has 0 aromatic carbocycles. The van der Waals surface area contributed by atoms with Gasteiger partial charge in [-0.2, -0.15) is 0 Å². The highest BCUT2D eigenvalue weighted by Crippen LogP contribution is 2.14. The van der Waals surface area contributed by atoms with Gasteiger partial charge in [0.2, 0.25) is 5.78 Å². The molecule has 0 aliphatic carbocycles. The van der Waals surface area contributed by atoms with E-state index < -0.39 is 5.63 Å². The highest BCUT2D eigenvalue weighted by molar-refractivity contribution is 7.99. The molecule has 0 spiro atoms. The van der Waals surface area contributed by atoms with Gasteiger partial charge in [-0.15, -0.1) is 0 Å². The van der Waals surface area contributed by atoms with Gasteiger partial charge in [0.1, 0.15) is 0 Å². The first kappa shape index (κ1) is 11.6. The Morgan fingerprint density at radius 1 is 1.59 bits per heavy atom. The fraction of sp³-hybridized carbons (Fsp3) is 0.200. The van der Waals surface area contributed by atoms with Crippen LogP contribution in [0.1, 0.15) is 10.5 Å². The quantitative estimate of drug-likeness (QED) is 0.476. The molecule has 88 valence electrons. The van der Waals surface area contributed by atoms with Crippen molar-refractivity contribution in [2.24, 2.45) is 7.05 Å². The van der Waals surface area contributed by atoms with Gasteiger partial charge in [0.25, 0.3) is 0 Å². The Hall–Kier alpha value is -1.89. The Morgan fingerprint density at radius 2 is 2.41 bits per heavy atom. The van der Waals surface area contributed by atoms with Gasteiger partial charge in [0.15, 0.2) is 7.05 Å². The zero-order valence-corrected chi connectivity index (χ0v) is 9.86. The first-order valence-electron chi connectivity index (χ1n) is 4.83. The van der Waals surface area contributed by atoms with Gasteiger partial charge in [-0.1, -0.05) is 22.5 Å². The molecule has 2 heterocycles. The van der Waals surface area contributed by atoms with E-state index >= 15 is 0 Å². The maximum atomic E-state index is 11.8. The minimum absolute atomic E-state index is 0.00781. The molecule has 0 bridgehead atoms. The lowest BCUT2D eigenvalue weighted by molar-refractivity contribution is -0.741. The number of aryl methyl sites for hydroxylation is 1. The third kappa shape index (κ3) is 2.62. The lowest BCUT2D eigenvalue weighted by atomic mass is 10.3. The largest absolute Gasteiger partial charge is 0.438 e. The van der Waals surface area contributed by atoms with E-state index in [1.807, 2.05) is 6.07 Å². The molecular weight excluding hydrogens is 242 g/mol. The fourth-order valence-corrected chi connectivity index (χ4v) is 2.01. The van der Waals surface area contributed by atoms with Crippen LogP contribution < -0.4 is 10.3 Å². The van der Waals surface area contributed by atoms with Crippen LogP contribution in [0.25, 0.3) is 0 Å². The number of carbonyl (C=O) groups excluding carboxylic acids is 1. The first-order chi connectivity index (χ1) is 8.18. The molecule has 0 unspecified atom stereocenters.